The Morgan fingerprint density at radius 2 is 2.27 bits per heavy atom. The van der Waals surface area contributed by atoms with Crippen molar-refractivity contribution in [1.82, 2.24) is 15.3 Å². The predicted molar refractivity (Wildman–Crippen MR) is 59.0 cm³/mol. The molecule has 1 fully saturated rings. The highest BCUT2D eigenvalue weighted by Gasteiger charge is 2.11. The zero-order valence-electron chi connectivity index (χ0n) is 8.49. The first-order valence-corrected chi connectivity index (χ1v) is 5.08. The molecule has 0 bridgehead atoms. The maximum absolute atomic E-state index is 11.2. The van der Waals surface area contributed by atoms with E-state index < -0.39 is 0 Å². The Balaban J connectivity index is 2.23. The number of nitrogens with two attached hydrogens (primary N) is 1. The van der Waals surface area contributed by atoms with Crippen molar-refractivity contribution in [2.24, 2.45) is 0 Å². The van der Waals surface area contributed by atoms with Crippen molar-refractivity contribution in [3.63, 3.8) is 0 Å². The lowest BCUT2D eigenvalue weighted by Crippen LogP contribution is -2.31. The minimum atomic E-state index is -0.199. The fourth-order valence-corrected chi connectivity index (χ4v) is 1.67. The topological polar surface area (TPSA) is 87.0 Å². The molecule has 1 aromatic rings. The van der Waals surface area contributed by atoms with Crippen LogP contribution in [0.1, 0.15) is 6.42 Å². The molecule has 0 aliphatic carbocycles. The van der Waals surface area contributed by atoms with Crippen LogP contribution in [0.3, 0.4) is 0 Å². The second-order valence-corrected chi connectivity index (χ2v) is 3.58. The second kappa shape index (κ2) is 4.31. The molecule has 15 heavy (non-hydrogen) atoms. The Labute approximate surface area is 87.5 Å². The van der Waals surface area contributed by atoms with E-state index in [1.807, 2.05) is 4.90 Å². The van der Waals surface area contributed by atoms with Gasteiger partial charge in [-0.25, -0.2) is 0 Å². The van der Waals surface area contributed by atoms with E-state index in [2.05, 4.69) is 15.3 Å². The van der Waals surface area contributed by atoms with Crippen molar-refractivity contribution in [3.05, 3.63) is 16.4 Å². The fraction of sp³-hybridized carbons (Fsp3) is 0.556. The molecule has 1 aromatic heterocycles. The lowest BCUT2D eigenvalue weighted by atomic mass is 10.4. The zero-order chi connectivity index (χ0) is 10.7. The van der Waals surface area contributed by atoms with Gasteiger partial charge in [-0.15, -0.1) is 0 Å². The van der Waals surface area contributed by atoms with Crippen LogP contribution in [0.4, 0.5) is 11.8 Å². The third-order valence-electron chi connectivity index (χ3n) is 2.39. The van der Waals surface area contributed by atoms with Gasteiger partial charge in [0.2, 0.25) is 5.95 Å². The van der Waals surface area contributed by atoms with Crippen LogP contribution in [-0.4, -0.2) is 36.1 Å². The number of nitrogen functional groups attached to an aromatic ring is 1. The van der Waals surface area contributed by atoms with Crippen LogP contribution in [0.2, 0.25) is 0 Å². The minimum Gasteiger partial charge on any atom is -0.383 e. The van der Waals surface area contributed by atoms with Crippen molar-refractivity contribution in [1.29, 1.82) is 0 Å². The molecule has 0 aromatic carbocycles. The van der Waals surface area contributed by atoms with Gasteiger partial charge in [0.05, 0.1) is 0 Å². The van der Waals surface area contributed by atoms with Crippen LogP contribution < -0.4 is 21.5 Å². The summed E-state index contributed by atoms with van der Waals surface area (Å²) in [5.41, 5.74) is 5.33. The minimum absolute atomic E-state index is 0.199. The molecule has 6 nitrogen and oxygen atoms in total. The van der Waals surface area contributed by atoms with E-state index in [9.17, 15) is 4.79 Å². The summed E-state index contributed by atoms with van der Waals surface area (Å²) in [6.07, 6.45) is 1.04. The maximum atomic E-state index is 11.2. The van der Waals surface area contributed by atoms with E-state index in [1.54, 1.807) is 0 Å². The Morgan fingerprint density at radius 1 is 1.40 bits per heavy atom. The molecule has 1 aliphatic heterocycles. The highest BCUT2D eigenvalue weighted by atomic mass is 16.1. The van der Waals surface area contributed by atoms with Gasteiger partial charge in [-0.2, -0.15) is 4.98 Å². The van der Waals surface area contributed by atoms with Crippen LogP contribution in [0.25, 0.3) is 0 Å². The molecule has 4 N–H and O–H groups in total. The molecule has 0 amide bonds. The van der Waals surface area contributed by atoms with Gasteiger partial charge >= 0.3 is 0 Å². The lowest BCUT2D eigenvalue weighted by Gasteiger charge is -2.20. The van der Waals surface area contributed by atoms with Gasteiger partial charge in [-0.05, 0) is 13.0 Å². The van der Waals surface area contributed by atoms with Crippen LogP contribution in [0.15, 0.2) is 10.9 Å². The molecule has 2 heterocycles. The summed E-state index contributed by atoms with van der Waals surface area (Å²) in [4.78, 5) is 20.1. The standard InChI is InChI=1S/C9H15N5O/c10-7-6-8(15)13-9(12-7)14-4-1-2-11-3-5-14/h6,11H,1-5H2,(H3,10,12,13,15). The fourth-order valence-electron chi connectivity index (χ4n) is 1.67. The van der Waals surface area contributed by atoms with Gasteiger partial charge in [0.15, 0.2) is 0 Å². The average Bonchev–Trinajstić information content (AvgIpc) is 2.43. The first-order chi connectivity index (χ1) is 7.25. The summed E-state index contributed by atoms with van der Waals surface area (Å²) in [6, 6.07) is 1.29. The average molecular weight is 209 g/mol. The Hall–Kier alpha value is -1.56. The van der Waals surface area contributed by atoms with Crippen LogP contribution >= 0.6 is 0 Å². The molecule has 1 aliphatic rings. The van der Waals surface area contributed by atoms with E-state index in [1.165, 1.54) is 6.07 Å². The van der Waals surface area contributed by atoms with E-state index in [0.717, 1.165) is 32.6 Å². The second-order valence-electron chi connectivity index (χ2n) is 3.58. The number of hydrogen-bond donors (Lipinski definition) is 3. The molecule has 0 unspecified atom stereocenters. The van der Waals surface area contributed by atoms with E-state index in [0.29, 0.717) is 5.95 Å². The molecular formula is C9H15N5O. The highest BCUT2D eigenvalue weighted by Crippen LogP contribution is 2.07. The SMILES string of the molecule is Nc1cc(=O)[nH]c(N2CCCNCC2)n1. The van der Waals surface area contributed by atoms with Crippen LogP contribution in [-0.2, 0) is 0 Å². The van der Waals surface area contributed by atoms with Crippen LogP contribution in [0, 0.1) is 0 Å². The number of anilines is 2. The highest BCUT2D eigenvalue weighted by molar-refractivity contribution is 5.37. The lowest BCUT2D eigenvalue weighted by molar-refractivity contribution is 0.724. The summed E-state index contributed by atoms with van der Waals surface area (Å²) in [7, 11) is 0. The Kier molecular flexibility index (Phi) is 2.86. The molecular weight excluding hydrogens is 194 g/mol. The summed E-state index contributed by atoms with van der Waals surface area (Å²) in [5, 5.41) is 3.28. The summed E-state index contributed by atoms with van der Waals surface area (Å²) in [6.45, 7) is 3.63. The number of nitrogens with one attached hydrogen (secondary N) is 2. The maximum Gasteiger partial charge on any atom is 0.254 e. The van der Waals surface area contributed by atoms with E-state index in [4.69, 9.17) is 5.73 Å². The van der Waals surface area contributed by atoms with Gasteiger partial charge in [-0.1, -0.05) is 0 Å². The largest absolute Gasteiger partial charge is 0.383 e. The molecule has 2 rings (SSSR count). The van der Waals surface area contributed by atoms with Crippen molar-refractivity contribution in [2.45, 2.75) is 6.42 Å². The van der Waals surface area contributed by atoms with Gasteiger partial charge in [0, 0.05) is 25.7 Å². The molecule has 6 heteroatoms. The molecule has 82 valence electrons. The normalized spacial score (nSPS) is 17.5. The molecule has 0 atom stereocenters. The smallest absolute Gasteiger partial charge is 0.254 e. The van der Waals surface area contributed by atoms with E-state index in [-0.39, 0.29) is 11.4 Å². The Bertz CT molecular complexity index is 380. The molecule has 0 spiro atoms. The van der Waals surface area contributed by atoms with Crippen LogP contribution in [0.5, 0.6) is 0 Å². The first kappa shape index (κ1) is 9.97. The number of nitrogens with zero attached hydrogens (tertiary/aromatic N) is 2. The van der Waals surface area contributed by atoms with Crippen molar-refractivity contribution >= 4 is 11.8 Å². The summed E-state index contributed by atoms with van der Waals surface area (Å²) < 4.78 is 0. The van der Waals surface area contributed by atoms with E-state index >= 15 is 0 Å². The van der Waals surface area contributed by atoms with Gasteiger partial charge in [0.1, 0.15) is 5.82 Å². The summed E-state index contributed by atoms with van der Waals surface area (Å²) in [5.74, 6) is 0.842. The van der Waals surface area contributed by atoms with Gasteiger partial charge in [-0.3, -0.25) is 9.78 Å². The quantitative estimate of drug-likeness (QED) is 0.561. The molecule has 0 radical (unpaired) electrons. The third kappa shape index (κ3) is 2.47. The summed E-state index contributed by atoms with van der Waals surface area (Å²) >= 11 is 0. The third-order valence-corrected chi connectivity index (χ3v) is 2.39. The van der Waals surface area contributed by atoms with Crippen molar-refractivity contribution < 1.29 is 0 Å². The van der Waals surface area contributed by atoms with Crippen molar-refractivity contribution in [3.8, 4) is 0 Å². The first-order valence-electron chi connectivity index (χ1n) is 5.08. The molecule has 1 saturated heterocycles. The van der Waals surface area contributed by atoms with Gasteiger partial charge < -0.3 is 16.0 Å². The number of H-pyrrole nitrogens is 1. The van der Waals surface area contributed by atoms with Crippen molar-refractivity contribution in [2.75, 3.05) is 36.8 Å². The zero-order valence-corrected chi connectivity index (χ0v) is 8.49. The number of hydrogen-bond acceptors (Lipinski definition) is 5. The number of aromatic amines is 1. The number of aromatic nitrogens is 2. The Morgan fingerprint density at radius 3 is 3.07 bits per heavy atom. The molecule has 0 saturated carbocycles. The monoisotopic (exact) mass is 209 g/mol. The van der Waals surface area contributed by atoms with Gasteiger partial charge in [0.25, 0.3) is 5.56 Å². The predicted octanol–water partition coefficient (Wildman–Crippen LogP) is -0.848. The number of rotatable bonds is 1.